The zero-order chi connectivity index (χ0) is 18.6. The number of carbonyl (C=O) groups excluding carboxylic acids is 1. The predicted octanol–water partition coefficient (Wildman–Crippen LogP) is 3.62. The van der Waals surface area contributed by atoms with Crippen LogP contribution in [0.5, 0.6) is 0 Å². The maximum atomic E-state index is 12.1. The lowest BCUT2D eigenvalue weighted by molar-refractivity contribution is -0.116. The van der Waals surface area contributed by atoms with Crippen molar-refractivity contribution in [2.75, 3.05) is 5.32 Å². The summed E-state index contributed by atoms with van der Waals surface area (Å²) in [4.78, 5) is 12.1. The minimum absolute atomic E-state index is 0.140. The fraction of sp³-hybridized carbons (Fsp3) is 0.368. The van der Waals surface area contributed by atoms with Crippen LogP contribution in [0.2, 0.25) is 0 Å². The van der Waals surface area contributed by atoms with Gasteiger partial charge >= 0.3 is 0 Å². The molecule has 26 heavy (non-hydrogen) atoms. The van der Waals surface area contributed by atoms with E-state index in [0.29, 0.717) is 24.0 Å². The molecule has 136 valence electrons. The summed E-state index contributed by atoms with van der Waals surface area (Å²) in [6.45, 7) is 6.46. The van der Waals surface area contributed by atoms with Crippen LogP contribution in [-0.4, -0.2) is 26.3 Å². The van der Waals surface area contributed by atoms with Crippen LogP contribution in [0, 0.1) is 5.41 Å². The van der Waals surface area contributed by atoms with Crippen LogP contribution in [0.3, 0.4) is 0 Å². The third-order valence-corrected chi connectivity index (χ3v) is 3.67. The lowest BCUT2D eigenvalue weighted by atomic mass is 9.91. The van der Waals surface area contributed by atoms with E-state index in [9.17, 15) is 4.79 Å². The van der Waals surface area contributed by atoms with Crippen molar-refractivity contribution in [2.45, 2.75) is 40.0 Å². The summed E-state index contributed by atoms with van der Waals surface area (Å²) in [5, 5.41) is 17.9. The SMILES string of the molecule is CC(C)(C)Cc1cc(NC(=O)CCc2nnc(-c3ccccc3)o2)n[nH]1. The monoisotopic (exact) mass is 353 g/mol. The van der Waals surface area contributed by atoms with Crippen LogP contribution < -0.4 is 5.32 Å². The Kier molecular flexibility index (Phi) is 5.16. The van der Waals surface area contributed by atoms with Crippen molar-refractivity contribution in [1.82, 2.24) is 20.4 Å². The van der Waals surface area contributed by atoms with Crippen LogP contribution in [0.25, 0.3) is 11.5 Å². The summed E-state index contributed by atoms with van der Waals surface area (Å²) in [6, 6.07) is 11.4. The van der Waals surface area contributed by atoms with Gasteiger partial charge in [0.2, 0.25) is 17.7 Å². The van der Waals surface area contributed by atoms with E-state index >= 15 is 0 Å². The zero-order valence-corrected chi connectivity index (χ0v) is 15.2. The number of aromatic amines is 1. The minimum Gasteiger partial charge on any atom is -0.421 e. The highest BCUT2D eigenvalue weighted by Crippen LogP contribution is 2.21. The van der Waals surface area contributed by atoms with Gasteiger partial charge in [-0.2, -0.15) is 5.10 Å². The topological polar surface area (TPSA) is 96.7 Å². The molecule has 0 saturated carbocycles. The molecule has 2 aromatic heterocycles. The highest BCUT2D eigenvalue weighted by atomic mass is 16.4. The number of amides is 1. The summed E-state index contributed by atoms with van der Waals surface area (Å²) in [5.74, 6) is 1.29. The molecular formula is C19H23N5O2. The van der Waals surface area contributed by atoms with Crippen molar-refractivity contribution in [1.29, 1.82) is 0 Å². The first-order chi connectivity index (χ1) is 12.4. The summed E-state index contributed by atoms with van der Waals surface area (Å²) in [7, 11) is 0. The maximum absolute atomic E-state index is 12.1. The first-order valence-electron chi connectivity index (χ1n) is 8.61. The summed E-state index contributed by atoms with van der Waals surface area (Å²) < 4.78 is 5.61. The Balaban J connectivity index is 1.51. The van der Waals surface area contributed by atoms with Gasteiger partial charge in [0.25, 0.3) is 0 Å². The molecular weight excluding hydrogens is 330 g/mol. The first-order valence-corrected chi connectivity index (χ1v) is 8.61. The number of hydrogen-bond donors (Lipinski definition) is 2. The first kappa shape index (κ1) is 17.8. The Morgan fingerprint density at radius 1 is 1.19 bits per heavy atom. The van der Waals surface area contributed by atoms with Crippen molar-refractivity contribution >= 4 is 11.7 Å². The molecule has 3 aromatic rings. The highest BCUT2D eigenvalue weighted by molar-refractivity contribution is 5.89. The molecule has 7 heteroatoms. The van der Waals surface area contributed by atoms with Gasteiger partial charge in [-0.25, -0.2) is 0 Å². The number of anilines is 1. The van der Waals surface area contributed by atoms with Crippen LogP contribution in [0.4, 0.5) is 5.82 Å². The average molecular weight is 353 g/mol. The second-order valence-electron chi connectivity index (χ2n) is 7.43. The number of aromatic nitrogens is 4. The van der Waals surface area contributed by atoms with Gasteiger partial charge in [-0.15, -0.1) is 10.2 Å². The van der Waals surface area contributed by atoms with Crippen LogP contribution in [-0.2, 0) is 17.6 Å². The van der Waals surface area contributed by atoms with Gasteiger partial charge in [0.05, 0.1) is 0 Å². The van der Waals surface area contributed by atoms with E-state index in [0.717, 1.165) is 17.7 Å². The Bertz CT molecular complexity index is 861. The Hall–Kier alpha value is -2.96. The lowest BCUT2D eigenvalue weighted by Crippen LogP contribution is -2.12. The Morgan fingerprint density at radius 2 is 1.96 bits per heavy atom. The number of aryl methyl sites for hydroxylation is 1. The van der Waals surface area contributed by atoms with Gasteiger partial charge in [0.15, 0.2) is 5.82 Å². The van der Waals surface area contributed by atoms with Crippen molar-refractivity contribution < 1.29 is 9.21 Å². The maximum Gasteiger partial charge on any atom is 0.247 e. The fourth-order valence-corrected chi connectivity index (χ4v) is 2.57. The fourth-order valence-electron chi connectivity index (χ4n) is 2.57. The molecule has 2 N–H and O–H groups in total. The van der Waals surface area contributed by atoms with Crippen LogP contribution in [0.15, 0.2) is 40.8 Å². The molecule has 0 atom stereocenters. The molecule has 0 saturated heterocycles. The molecule has 7 nitrogen and oxygen atoms in total. The molecule has 0 unspecified atom stereocenters. The van der Waals surface area contributed by atoms with Gasteiger partial charge in [0, 0.05) is 30.2 Å². The Labute approximate surface area is 152 Å². The third-order valence-electron chi connectivity index (χ3n) is 3.67. The molecule has 0 aliphatic carbocycles. The third kappa shape index (κ3) is 5.02. The number of H-pyrrole nitrogens is 1. The predicted molar refractivity (Wildman–Crippen MR) is 98.4 cm³/mol. The largest absolute Gasteiger partial charge is 0.421 e. The summed E-state index contributed by atoms with van der Waals surface area (Å²) >= 11 is 0. The molecule has 0 spiro atoms. The van der Waals surface area contributed by atoms with Crippen molar-refractivity contribution in [3.63, 3.8) is 0 Å². The average Bonchev–Trinajstić information content (AvgIpc) is 3.22. The van der Waals surface area contributed by atoms with Crippen molar-refractivity contribution in [3.8, 4) is 11.5 Å². The van der Waals surface area contributed by atoms with E-state index in [-0.39, 0.29) is 17.7 Å². The summed E-state index contributed by atoms with van der Waals surface area (Å²) in [6.07, 6.45) is 1.49. The van der Waals surface area contributed by atoms with Gasteiger partial charge in [0.1, 0.15) is 0 Å². The van der Waals surface area contributed by atoms with Crippen molar-refractivity contribution in [2.24, 2.45) is 5.41 Å². The Morgan fingerprint density at radius 3 is 2.69 bits per heavy atom. The zero-order valence-electron chi connectivity index (χ0n) is 15.2. The second-order valence-corrected chi connectivity index (χ2v) is 7.43. The quantitative estimate of drug-likeness (QED) is 0.705. The standard InChI is InChI=1S/C19H23N5O2/c1-19(2,3)12-14-11-15(22-21-14)20-16(25)9-10-17-23-24-18(26-17)13-7-5-4-6-8-13/h4-8,11H,9-10,12H2,1-3H3,(H2,20,21,22,25). The number of nitrogens with zero attached hydrogens (tertiary/aromatic N) is 3. The van der Waals surface area contributed by atoms with Gasteiger partial charge in [-0.3, -0.25) is 9.89 Å². The van der Waals surface area contributed by atoms with Crippen molar-refractivity contribution in [3.05, 3.63) is 48.0 Å². The molecule has 0 aliphatic heterocycles. The molecule has 0 fully saturated rings. The van der Waals surface area contributed by atoms with E-state index in [4.69, 9.17) is 4.42 Å². The number of hydrogen-bond acceptors (Lipinski definition) is 5. The smallest absolute Gasteiger partial charge is 0.247 e. The number of carbonyl (C=O) groups is 1. The molecule has 0 bridgehead atoms. The van der Waals surface area contributed by atoms with E-state index in [1.54, 1.807) is 0 Å². The number of nitrogens with one attached hydrogen (secondary N) is 2. The number of benzene rings is 1. The second kappa shape index (κ2) is 7.51. The van der Waals surface area contributed by atoms with E-state index in [1.165, 1.54) is 0 Å². The molecule has 0 radical (unpaired) electrons. The lowest BCUT2D eigenvalue weighted by Gasteiger charge is -2.15. The highest BCUT2D eigenvalue weighted by Gasteiger charge is 2.15. The molecule has 0 aliphatic rings. The van der Waals surface area contributed by atoms with Crippen LogP contribution in [0.1, 0.15) is 38.8 Å². The molecule has 3 rings (SSSR count). The van der Waals surface area contributed by atoms with E-state index < -0.39 is 0 Å². The number of rotatable bonds is 6. The van der Waals surface area contributed by atoms with Gasteiger partial charge < -0.3 is 9.73 Å². The van der Waals surface area contributed by atoms with Crippen LogP contribution >= 0.6 is 0 Å². The summed E-state index contributed by atoms with van der Waals surface area (Å²) in [5.41, 5.74) is 2.01. The minimum atomic E-state index is -0.140. The molecule has 1 amide bonds. The van der Waals surface area contributed by atoms with E-state index in [1.807, 2.05) is 36.4 Å². The molecule has 1 aromatic carbocycles. The van der Waals surface area contributed by atoms with Gasteiger partial charge in [-0.05, 0) is 24.0 Å². The normalized spacial score (nSPS) is 11.5. The molecule has 2 heterocycles. The van der Waals surface area contributed by atoms with Gasteiger partial charge in [-0.1, -0.05) is 39.0 Å². The van der Waals surface area contributed by atoms with E-state index in [2.05, 4.69) is 46.5 Å².